The lowest BCUT2D eigenvalue weighted by Gasteiger charge is -2.14. The molecule has 0 aromatic heterocycles. The lowest BCUT2D eigenvalue weighted by atomic mass is 9.96. The zero-order valence-electron chi connectivity index (χ0n) is 10.0. The summed E-state index contributed by atoms with van der Waals surface area (Å²) in [7, 11) is 4.84. The highest BCUT2D eigenvalue weighted by molar-refractivity contribution is 8.69. The second-order valence-electron chi connectivity index (χ2n) is 3.80. The highest BCUT2D eigenvalue weighted by atomic mass is 33.1. The van der Waals surface area contributed by atoms with Gasteiger partial charge in [0.2, 0.25) is 0 Å². The highest BCUT2D eigenvalue weighted by Gasteiger charge is 2.08. The predicted molar refractivity (Wildman–Crippen MR) is 102 cm³/mol. The van der Waals surface area contributed by atoms with Gasteiger partial charge in [-0.15, -0.1) is 35.0 Å². The van der Waals surface area contributed by atoms with E-state index in [2.05, 4.69) is 53.2 Å². The van der Waals surface area contributed by atoms with E-state index < -0.39 is 0 Å². The van der Waals surface area contributed by atoms with Crippen molar-refractivity contribution in [2.75, 3.05) is 17.3 Å². The fraction of sp³-hybridized carbons (Fsp3) is 0.500. The summed E-state index contributed by atoms with van der Waals surface area (Å²) >= 11 is 12.7. The van der Waals surface area contributed by atoms with Gasteiger partial charge in [0, 0.05) is 17.3 Å². The minimum Gasteiger partial charge on any atom is -0.111 e. The van der Waals surface area contributed by atoms with Crippen molar-refractivity contribution in [3.8, 4) is 0 Å². The van der Waals surface area contributed by atoms with E-state index in [-0.39, 0.29) is 0 Å². The van der Waals surface area contributed by atoms with Crippen LogP contribution in [-0.4, -0.2) is 17.3 Å². The van der Waals surface area contributed by atoms with Crippen molar-refractivity contribution in [1.29, 1.82) is 0 Å². The molecule has 0 amide bonds. The third-order valence-corrected chi connectivity index (χ3v) is 5.54. The first-order valence-corrected chi connectivity index (χ1v) is 11.8. The van der Waals surface area contributed by atoms with Crippen molar-refractivity contribution in [3.63, 3.8) is 0 Å². The molecule has 18 heavy (non-hydrogen) atoms. The Morgan fingerprint density at radius 1 is 0.722 bits per heavy atom. The summed E-state index contributed by atoms with van der Waals surface area (Å²) in [5.41, 5.74) is 4.46. The Kier molecular flexibility index (Phi) is 10.6. The summed E-state index contributed by atoms with van der Waals surface area (Å²) in [5.74, 6) is 3.19. The molecule has 0 unspecified atom stereocenters. The molecule has 0 aliphatic rings. The van der Waals surface area contributed by atoms with Crippen LogP contribution < -0.4 is 0 Å². The van der Waals surface area contributed by atoms with Crippen LogP contribution in [0.25, 0.3) is 0 Å². The summed E-state index contributed by atoms with van der Waals surface area (Å²) in [5, 5.41) is 0. The third-order valence-electron chi connectivity index (χ3n) is 2.74. The molecule has 0 saturated carbocycles. The molecule has 0 spiro atoms. The zero-order chi connectivity index (χ0) is 13.2. The summed E-state index contributed by atoms with van der Waals surface area (Å²) in [4.78, 5) is 0. The third kappa shape index (κ3) is 6.18. The number of aryl methyl sites for hydroxylation is 2. The van der Waals surface area contributed by atoms with Crippen LogP contribution in [0.2, 0.25) is 0 Å². The minimum absolute atomic E-state index is 1.06. The molecule has 1 rings (SSSR count). The maximum atomic E-state index is 4.24. The van der Waals surface area contributed by atoms with Gasteiger partial charge in [0.15, 0.2) is 0 Å². The molecule has 1 aromatic rings. The van der Waals surface area contributed by atoms with Gasteiger partial charge in [0.05, 0.1) is 0 Å². The van der Waals surface area contributed by atoms with Crippen molar-refractivity contribution in [3.05, 3.63) is 34.9 Å². The molecule has 6 heteroatoms. The maximum Gasteiger partial charge on any atom is 0.00752 e. The summed E-state index contributed by atoms with van der Waals surface area (Å²) in [6.07, 6.45) is 3.30. The average molecular weight is 355 g/mol. The monoisotopic (exact) mass is 354 g/mol. The maximum absolute atomic E-state index is 4.24. The van der Waals surface area contributed by atoms with Crippen LogP contribution in [0.1, 0.15) is 16.7 Å². The fourth-order valence-corrected chi connectivity index (χ4v) is 3.68. The van der Waals surface area contributed by atoms with Gasteiger partial charge in [0.1, 0.15) is 0 Å². The van der Waals surface area contributed by atoms with Gasteiger partial charge >= 0.3 is 0 Å². The van der Waals surface area contributed by atoms with E-state index in [1.54, 1.807) is 32.4 Å². The Morgan fingerprint density at radius 2 is 1.17 bits per heavy atom. The standard InChI is InChI=1S/C12H18S6/c13-16-7-4-10-2-1-3-11(5-8-17-14)12(10)6-9-18-15/h1-3,13-15H,4-9H2. The average Bonchev–Trinajstić information content (AvgIpc) is 2.41. The summed E-state index contributed by atoms with van der Waals surface area (Å²) < 4.78 is 0. The molecule has 0 aliphatic heterocycles. The van der Waals surface area contributed by atoms with Gasteiger partial charge in [-0.1, -0.05) is 50.6 Å². The van der Waals surface area contributed by atoms with Crippen molar-refractivity contribution >= 4 is 67.4 Å². The minimum atomic E-state index is 1.06. The molecule has 0 bridgehead atoms. The SMILES string of the molecule is SSCCc1cccc(CCSS)c1CCSS. The van der Waals surface area contributed by atoms with Gasteiger partial charge in [-0.05, 0) is 36.0 Å². The molecule has 1 aromatic carbocycles. The number of benzene rings is 1. The van der Waals surface area contributed by atoms with Crippen LogP contribution in [0, 0.1) is 0 Å². The van der Waals surface area contributed by atoms with Crippen LogP contribution in [0.5, 0.6) is 0 Å². The molecule has 0 atom stereocenters. The van der Waals surface area contributed by atoms with Crippen LogP contribution >= 0.6 is 67.4 Å². The molecule has 102 valence electrons. The van der Waals surface area contributed by atoms with E-state index in [0.29, 0.717) is 0 Å². The molecule has 0 radical (unpaired) electrons. The molecule has 0 heterocycles. The van der Waals surface area contributed by atoms with Crippen molar-refractivity contribution in [1.82, 2.24) is 0 Å². The number of rotatable bonds is 9. The molecule has 0 N–H and O–H groups in total. The molecule has 0 saturated heterocycles. The Balaban J connectivity index is 2.85. The zero-order valence-corrected chi connectivity index (χ0v) is 15.2. The second-order valence-corrected chi connectivity index (χ2v) is 8.13. The number of thiol groups is 3. The lowest BCUT2D eigenvalue weighted by molar-refractivity contribution is 0.999. The normalized spacial score (nSPS) is 10.8. The van der Waals surface area contributed by atoms with E-state index in [1.165, 1.54) is 16.7 Å². The lowest BCUT2D eigenvalue weighted by Crippen LogP contribution is -2.03. The Morgan fingerprint density at radius 3 is 1.61 bits per heavy atom. The van der Waals surface area contributed by atoms with Gasteiger partial charge < -0.3 is 0 Å². The van der Waals surface area contributed by atoms with Gasteiger partial charge in [-0.25, -0.2) is 0 Å². The smallest absolute Gasteiger partial charge is 0.00752 e. The van der Waals surface area contributed by atoms with E-state index in [0.717, 1.165) is 36.5 Å². The predicted octanol–water partition coefficient (Wildman–Crippen LogP) is 5.05. The molecular weight excluding hydrogens is 337 g/mol. The molecule has 0 nitrogen and oxygen atoms in total. The van der Waals surface area contributed by atoms with Gasteiger partial charge in [0.25, 0.3) is 0 Å². The highest BCUT2D eigenvalue weighted by Crippen LogP contribution is 2.23. The number of hydrogen-bond donors (Lipinski definition) is 3. The van der Waals surface area contributed by atoms with Gasteiger partial charge in [-0.3, -0.25) is 0 Å². The Labute approximate surface area is 138 Å². The van der Waals surface area contributed by atoms with Crippen LogP contribution in [-0.2, 0) is 19.3 Å². The Bertz CT molecular complexity index is 315. The van der Waals surface area contributed by atoms with Gasteiger partial charge in [-0.2, -0.15) is 0 Å². The first-order valence-electron chi connectivity index (χ1n) is 5.72. The van der Waals surface area contributed by atoms with E-state index >= 15 is 0 Å². The van der Waals surface area contributed by atoms with Crippen LogP contribution in [0.15, 0.2) is 18.2 Å². The van der Waals surface area contributed by atoms with Crippen LogP contribution in [0.3, 0.4) is 0 Å². The summed E-state index contributed by atoms with van der Waals surface area (Å²) in [6.45, 7) is 0. The topological polar surface area (TPSA) is 0 Å². The number of hydrogen-bond acceptors (Lipinski definition) is 6. The van der Waals surface area contributed by atoms with E-state index in [9.17, 15) is 0 Å². The largest absolute Gasteiger partial charge is 0.111 e. The Hall–Kier alpha value is 1.32. The molecule has 0 aliphatic carbocycles. The first kappa shape index (κ1) is 17.4. The van der Waals surface area contributed by atoms with Crippen LogP contribution in [0.4, 0.5) is 0 Å². The van der Waals surface area contributed by atoms with Crippen molar-refractivity contribution < 1.29 is 0 Å². The van der Waals surface area contributed by atoms with Crippen molar-refractivity contribution in [2.45, 2.75) is 19.3 Å². The second kappa shape index (κ2) is 11.0. The van der Waals surface area contributed by atoms with E-state index in [1.807, 2.05) is 0 Å². The first-order chi connectivity index (χ1) is 8.83. The fourth-order valence-electron chi connectivity index (χ4n) is 1.94. The van der Waals surface area contributed by atoms with Crippen molar-refractivity contribution in [2.24, 2.45) is 0 Å². The van der Waals surface area contributed by atoms with E-state index in [4.69, 9.17) is 0 Å². The molecule has 0 fully saturated rings. The quantitative estimate of drug-likeness (QED) is 0.420. The molecular formula is C12H18S6. The summed E-state index contributed by atoms with van der Waals surface area (Å²) in [6, 6.07) is 6.67.